The number of rotatable bonds is 5. The molecule has 0 radical (unpaired) electrons. The van der Waals surface area contributed by atoms with E-state index in [0.29, 0.717) is 21.5 Å². The number of hydrogen-bond donors (Lipinski definition) is 0. The van der Waals surface area contributed by atoms with Gasteiger partial charge in [-0.15, -0.1) is 11.3 Å². The van der Waals surface area contributed by atoms with Crippen LogP contribution in [0.2, 0.25) is 5.02 Å². The van der Waals surface area contributed by atoms with Crippen LogP contribution in [0.15, 0.2) is 64.5 Å². The Morgan fingerprint density at radius 1 is 1.25 bits per heavy atom. The SMILES string of the molecule is O=C(CSc1ncccn1)N=c1sccn1Cc1ccccc1Cl. The zero-order chi connectivity index (χ0) is 16.8. The second-order valence-corrected chi connectivity index (χ2v) is 6.95. The number of aromatic nitrogens is 3. The molecule has 0 fully saturated rings. The molecule has 3 aromatic rings. The number of halogens is 1. The lowest BCUT2D eigenvalue weighted by Crippen LogP contribution is -2.17. The molecule has 122 valence electrons. The van der Waals surface area contributed by atoms with Crippen molar-refractivity contribution in [2.45, 2.75) is 11.7 Å². The first kappa shape index (κ1) is 16.9. The average Bonchev–Trinajstić information content (AvgIpc) is 3.03. The third-order valence-corrected chi connectivity index (χ3v) is 5.07. The molecular weight excluding hydrogens is 364 g/mol. The number of nitrogens with zero attached hydrogens (tertiary/aromatic N) is 4. The molecular formula is C16H13ClN4OS2. The lowest BCUT2D eigenvalue weighted by molar-refractivity contribution is -0.115. The molecule has 1 aromatic carbocycles. The molecule has 0 saturated heterocycles. The van der Waals surface area contributed by atoms with E-state index >= 15 is 0 Å². The van der Waals surface area contributed by atoms with Gasteiger partial charge in [0.15, 0.2) is 9.96 Å². The Morgan fingerprint density at radius 2 is 2.04 bits per heavy atom. The van der Waals surface area contributed by atoms with E-state index in [-0.39, 0.29) is 11.7 Å². The molecule has 0 unspecified atom stereocenters. The summed E-state index contributed by atoms with van der Waals surface area (Å²) >= 11 is 8.88. The molecule has 2 aromatic heterocycles. The maximum absolute atomic E-state index is 12.1. The van der Waals surface area contributed by atoms with E-state index in [1.807, 2.05) is 40.4 Å². The van der Waals surface area contributed by atoms with Crippen LogP contribution < -0.4 is 4.80 Å². The molecule has 0 spiro atoms. The van der Waals surface area contributed by atoms with Crippen molar-refractivity contribution in [1.82, 2.24) is 14.5 Å². The van der Waals surface area contributed by atoms with Crippen LogP contribution in [0, 0.1) is 0 Å². The topological polar surface area (TPSA) is 60.1 Å². The van der Waals surface area contributed by atoms with Crippen LogP contribution in [0.1, 0.15) is 5.56 Å². The van der Waals surface area contributed by atoms with E-state index in [1.165, 1.54) is 23.1 Å². The largest absolute Gasteiger partial charge is 0.319 e. The van der Waals surface area contributed by atoms with Gasteiger partial charge < -0.3 is 4.57 Å². The van der Waals surface area contributed by atoms with Gasteiger partial charge in [-0.05, 0) is 17.7 Å². The molecule has 0 bridgehead atoms. The fourth-order valence-corrected chi connectivity index (χ4v) is 3.47. The number of thioether (sulfide) groups is 1. The minimum atomic E-state index is -0.220. The van der Waals surface area contributed by atoms with Crippen molar-refractivity contribution >= 4 is 40.6 Å². The first-order valence-electron chi connectivity index (χ1n) is 7.07. The number of hydrogen-bond acceptors (Lipinski definition) is 5. The number of benzene rings is 1. The van der Waals surface area contributed by atoms with Gasteiger partial charge in [0.25, 0.3) is 5.91 Å². The molecule has 5 nitrogen and oxygen atoms in total. The molecule has 2 heterocycles. The Labute approximate surface area is 152 Å². The van der Waals surface area contributed by atoms with Crippen LogP contribution in [-0.4, -0.2) is 26.2 Å². The summed E-state index contributed by atoms with van der Waals surface area (Å²) in [6.07, 6.45) is 5.19. The second kappa shape index (κ2) is 8.23. The lowest BCUT2D eigenvalue weighted by atomic mass is 10.2. The highest BCUT2D eigenvalue weighted by Crippen LogP contribution is 2.16. The van der Waals surface area contributed by atoms with Crippen LogP contribution in [-0.2, 0) is 11.3 Å². The van der Waals surface area contributed by atoms with Gasteiger partial charge in [0, 0.05) is 29.0 Å². The van der Waals surface area contributed by atoms with Gasteiger partial charge in [-0.1, -0.05) is 41.6 Å². The Morgan fingerprint density at radius 3 is 2.83 bits per heavy atom. The van der Waals surface area contributed by atoms with Crippen LogP contribution in [0.4, 0.5) is 0 Å². The van der Waals surface area contributed by atoms with Crippen LogP contribution in [0.3, 0.4) is 0 Å². The Kier molecular flexibility index (Phi) is 5.79. The summed E-state index contributed by atoms with van der Waals surface area (Å²) in [4.78, 5) is 25.1. The van der Waals surface area contributed by atoms with Crippen LogP contribution in [0.25, 0.3) is 0 Å². The highest BCUT2D eigenvalue weighted by Gasteiger charge is 2.06. The van der Waals surface area contributed by atoms with Crippen molar-refractivity contribution in [3.63, 3.8) is 0 Å². The number of carbonyl (C=O) groups excluding carboxylic acids is 1. The van der Waals surface area contributed by atoms with Crippen molar-refractivity contribution in [1.29, 1.82) is 0 Å². The van der Waals surface area contributed by atoms with Crippen LogP contribution in [0.5, 0.6) is 0 Å². The minimum Gasteiger partial charge on any atom is -0.319 e. The molecule has 8 heteroatoms. The highest BCUT2D eigenvalue weighted by molar-refractivity contribution is 7.99. The van der Waals surface area contributed by atoms with Gasteiger partial charge in [-0.2, -0.15) is 4.99 Å². The zero-order valence-electron chi connectivity index (χ0n) is 12.5. The van der Waals surface area contributed by atoms with Gasteiger partial charge in [0.1, 0.15) is 0 Å². The van der Waals surface area contributed by atoms with E-state index in [1.54, 1.807) is 18.5 Å². The predicted molar refractivity (Wildman–Crippen MR) is 96.2 cm³/mol. The molecule has 0 aliphatic carbocycles. The Balaban J connectivity index is 1.71. The zero-order valence-corrected chi connectivity index (χ0v) is 14.9. The summed E-state index contributed by atoms with van der Waals surface area (Å²) in [5, 5.41) is 3.16. The normalized spacial score (nSPS) is 11.6. The van der Waals surface area contributed by atoms with E-state index in [4.69, 9.17) is 11.6 Å². The molecule has 0 aliphatic rings. The third kappa shape index (κ3) is 4.53. The lowest BCUT2D eigenvalue weighted by Gasteiger charge is -2.05. The monoisotopic (exact) mass is 376 g/mol. The van der Waals surface area contributed by atoms with E-state index in [0.717, 1.165) is 5.56 Å². The van der Waals surface area contributed by atoms with Crippen molar-refractivity contribution < 1.29 is 4.79 Å². The van der Waals surface area contributed by atoms with Gasteiger partial charge in [0.05, 0.1) is 12.3 Å². The standard InChI is InChI=1S/C16H13ClN4OS2/c17-13-5-2-1-4-12(13)10-21-8-9-23-16(21)20-14(22)11-24-15-18-6-3-7-19-15/h1-9H,10-11H2. The average molecular weight is 377 g/mol. The molecule has 0 atom stereocenters. The molecule has 0 saturated carbocycles. The Bertz CT molecular complexity index is 892. The Hall–Kier alpha value is -1.96. The maximum atomic E-state index is 12.1. The number of thiazole rings is 1. The first-order valence-corrected chi connectivity index (χ1v) is 9.31. The summed E-state index contributed by atoms with van der Waals surface area (Å²) in [6, 6.07) is 9.37. The number of amides is 1. The minimum absolute atomic E-state index is 0.202. The summed E-state index contributed by atoms with van der Waals surface area (Å²) in [7, 11) is 0. The van der Waals surface area contributed by atoms with Gasteiger partial charge >= 0.3 is 0 Å². The molecule has 24 heavy (non-hydrogen) atoms. The first-order chi connectivity index (χ1) is 11.7. The van der Waals surface area contributed by atoms with Crippen molar-refractivity contribution in [2.75, 3.05) is 5.75 Å². The van der Waals surface area contributed by atoms with Gasteiger partial charge in [-0.25, -0.2) is 9.97 Å². The van der Waals surface area contributed by atoms with Crippen molar-refractivity contribution in [3.8, 4) is 0 Å². The predicted octanol–water partition coefficient (Wildman–Crippen LogP) is 3.26. The summed E-state index contributed by atoms with van der Waals surface area (Å²) in [5.41, 5.74) is 0.985. The highest BCUT2D eigenvalue weighted by atomic mass is 35.5. The smallest absolute Gasteiger partial charge is 0.258 e. The van der Waals surface area contributed by atoms with E-state index in [2.05, 4.69) is 15.0 Å². The van der Waals surface area contributed by atoms with Crippen molar-refractivity contribution in [2.24, 2.45) is 4.99 Å². The third-order valence-electron chi connectivity index (χ3n) is 3.05. The number of carbonyl (C=O) groups is 1. The summed E-state index contributed by atoms with van der Waals surface area (Å²) < 4.78 is 1.91. The van der Waals surface area contributed by atoms with Gasteiger partial charge in [-0.3, -0.25) is 4.79 Å². The fourth-order valence-electron chi connectivity index (χ4n) is 1.94. The summed E-state index contributed by atoms with van der Waals surface area (Å²) in [6.45, 7) is 0.574. The molecule has 0 N–H and O–H groups in total. The molecule has 1 amide bonds. The van der Waals surface area contributed by atoms with Crippen LogP contribution >= 0.6 is 34.7 Å². The maximum Gasteiger partial charge on any atom is 0.258 e. The van der Waals surface area contributed by atoms with E-state index < -0.39 is 0 Å². The fraction of sp³-hybridized carbons (Fsp3) is 0.125. The molecule has 0 aliphatic heterocycles. The molecule has 3 rings (SSSR count). The quantitative estimate of drug-likeness (QED) is 0.506. The second-order valence-electron chi connectivity index (χ2n) is 4.73. The van der Waals surface area contributed by atoms with E-state index in [9.17, 15) is 4.79 Å². The van der Waals surface area contributed by atoms with Crippen molar-refractivity contribution in [3.05, 3.63) is 69.7 Å². The summed E-state index contributed by atoms with van der Waals surface area (Å²) in [5.74, 6) is -0.0172. The van der Waals surface area contributed by atoms with Gasteiger partial charge in [0.2, 0.25) is 0 Å².